The molecule has 3 heteroatoms. The molecule has 18 heavy (non-hydrogen) atoms. The zero-order valence-corrected chi connectivity index (χ0v) is 10.00. The van der Waals surface area contributed by atoms with Crippen LogP contribution in [-0.4, -0.2) is 10.2 Å². The molecule has 0 amide bonds. The molecule has 0 aromatic heterocycles. The van der Waals surface area contributed by atoms with Crippen LogP contribution in [0.5, 0.6) is 17.2 Å². The van der Waals surface area contributed by atoms with Crippen LogP contribution in [0, 0.1) is 0 Å². The first-order valence-electron chi connectivity index (χ1n) is 5.93. The second kappa shape index (κ2) is 3.95. The van der Waals surface area contributed by atoms with Gasteiger partial charge in [0.2, 0.25) is 0 Å². The zero-order chi connectivity index (χ0) is 12.7. The van der Waals surface area contributed by atoms with E-state index in [1.807, 2.05) is 12.1 Å². The standard InChI is InChI=1S/C15H14O3/c1-9-13-8-12(17)6-7-14(13)18-15(9)10-2-4-11(16)5-3-10/h2-9,15-17H,1H3. The molecule has 0 radical (unpaired) electrons. The molecule has 0 saturated carbocycles. The molecule has 92 valence electrons. The summed E-state index contributed by atoms with van der Waals surface area (Å²) in [6.45, 7) is 2.07. The average Bonchev–Trinajstić information content (AvgIpc) is 2.68. The highest BCUT2D eigenvalue weighted by atomic mass is 16.5. The number of aromatic hydroxyl groups is 2. The van der Waals surface area contributed by atoms with Crippen LogP contribution in [0.15, 0.2) is 42.5 Å². The van der Waals surface area contributed by atoms with Crippen molar-refractivity contribution in [3.63, 3.8) is 0 Å². The topological polar surface area (TPSA) is 49.7 Å². The van der Waals surface area contributed by atoms with E-state index in [0.29, 0.717) is 0 Å². The Bertz CT molecular complexity index is 575. The van der Waals surface area contributed by atoms with Gasteiger partial charge in [0.1, 0.15) is 23.4 Å². The Kier molecular flexibility index (Phi) is 2.40. The lowest BCUT2D eigenvalue weighted by molar-refractivity contribution is 0.216. The Balaban J connectivity index is 1.96. The summed E-state index contributed by atoms with van der Waals surface area (Å²) in [6, 6.07) is 12.2. The summed E-state index contributed by atoms with van der Waals surface area (Å²) >= 11 is 0. The van der Waals surface area contributed by atoms with Gasteiger partial charge in [0.15, 0.2) is 0 Å². The Morgan fingerprint density at radius 2 is 1.61 bits per heavy atom. The van der Waals surface area contributed by atoms with E-state index in [1.54, 1.807) is 30.3 Å². The Hall–Kier alpha value is -2.16. The number of phenolic OH excluding ortho intramolecular Hbond substituents is 2. The number of fused-ring (bicyclic) bond motifs is 1. The van der Waals surface area contributed by atoms with E-state index in [0.717, 1.165) is 16.9 Å². The molecule has 2 aromatic rings. The van der Waals surface area contributed by atoms with Crippen molar-refractivity contribution in [3.8, 4) is 17.2 Å². The van der Waals surface area contributed by atoms with Crippen molar-refractivity contribution in [1.82, 2.24) is 0 Å². The Morgan fingerprint density at radius 1 is 0.944 bits per heavy atom. The van der Waals surface area contributed by atoms with Crippen molar-refractivity contribution >= 4 is 0 Å². The van der Waals surface area contributed by atoms with Gasteiger partial charge in [-0.1, -0.05) is 19.1 Å². The van der Waals surface area contributed by atoms with Crippen molar-refractivity contribution in [1.29, 1.82) is 0 Å². The van der Waals surface area contributed by atoms with E-state index in [2.05, 4.69) is 6.92 Å². The molecule has 2 unspecified atom stereocenters. The van der Waals surface area contributed by atoms with Gasteiger partial charge in [-0.3, -0.25) is 0 Å². The van der Waals surface area contributed by atoms with E-state index in [9.17, 15) is 10.2 Å². The van der Waals surface area contributed by atoms with E-state index in [1.165, 1.54) is 0 Å². The first-order valence-corrected chi connectivity index (χ1v) is 5.93. The third-order valence-corrected chi connectivity index (χ3v) is 3.41. The summed E-state index contributed by atoms with van der Waals surface area (Å²) in [5.74, 6) is 1.50. The van der Waals surface area contributed by atoms with Crippen LogP contribution >= 0.6 is 0 Å². The smallest absolute Gasteiger partial charge is 0.130 e. The summed E-state index contributed by atoms with van der Waals surface area (Å²) < 4.78 is 5.91. The fourth-order valence-electron chi connectivity index (χ4n) is 2.42. The molecule has 1 aliphatic heterocycles. The third kappa shape index (κ3) is 1.68. The molecule has 1 heterocycles. The van der Waals surface area contributed by atoms with Crippen LogP contribution in [-0.2, 0) is 0 Å². The summed E-state index contributed by atoms with van der Waals surface area (Å²) in [5.41, 5.74) is 2.05. The van der Waals surface area contributed by atoms with Gasteiger partial charge in [0, 0.05) is 11.5 Å². The van der Waals surface area contributed by atoms with E-state index in [-0.39, 0.29) is 23.5 Å². The lowest BCUT2D eigenvalue weighted by atomic mass is 9.93. The minimum Gasteiger partial charge on any atom is -0.508 e. The molecular weight excluding hydrogens is 228 g/mol. The minimum absolute atomic E-state index is 0.0672. The van der Waals surface area contributed by atoms with E-state index >= 15 is 0 Å². The number of phenols is 2. The van der Waals surface area contributed by atoms with Crippen LogP contribution in [0.4, 0.5) is 0 Å². The maximum atomic E-state index is 9.52. The summed E-state index contributed by atoms with van der Waals surface area (Å²) in [6.07, 6.45) is -0.0672. The molecule has 0 saturated heterocycles. The van der Waals surface area contributed by atoms with Crippen molar-refractivity contribution in [2.24, 2.45) is 0 Å². The molecule has 0 aliphatic carbocycles. The third-order valence-electron chi connectivity index (χ3n) is 3.41. The predicted molar refractivity (Wildman–Crippen MR) is 68.0 cm³/mol. The van der Waals surface area contributed by atoms with Gasteiger partial charge in [0.25, 0.3) is 0 Å². The van der Waals surface area contributed by atoms with Crippen LogP contribution in [0.25, 0.3) is 0 Å². The number of hydrogen-bond acceptors (Lipinski definition) is 3. The quantitative estimate of drug-likeness (QED) is 0.806. The van der Waals surface area contributed by atoms with Crippen LogP contribution < -0.4 is 4.74 Å². The monoisotopic (exact) mass is 242 g/mol. The predicted octanol–water partition coefficient (Wildman–Crippen LogP) is 3.34. The lowest BCUT2D eigenvalue weighted by Gasteiger charge is -2.15. The molecule has 1 aliphatic rings. The molecule has 0 bridgehead atoms. The minimum atomic E-state index is -0.0672. The zero-order valence-electron chi connectivity index (χ0n) is 10.00. The van der Waals surface area contributed by atoms with Crippen molar-refractivity contribution in [2.75, 3.05) is 0 Å². The van der Waals surface area contributed by atoms with Gasteiger partial charge >= 0.3 is 0 Å². The largest absolute Gasteiger partial charge is 0.508 e. The van der Waals surface area contributed by atoms with Gasteiger partial charge in [-0.05, 0) is 35.9 Å². The first-order chi connectivity index (χ1) is 8.65. The number of benzene rings is 2. The maximum absolute atomic E-state index is 9.52. The van der Waals surface area contributed by atoms with Crippen molar-refractivity contribution in [3.05, 3.63) is 53.6 Å². The summed E-state index contributed by atoms with van der Waals surface area (Å²) in [7, 11) is 0. The molecule has 3 rings (SSSR count). The summed E-state index contributed by atoms with van der Waals surface area (Å²) in [4.78, 5) is 0. The maximum Gasteiger partial charge on any atom is 0.130 e. The van der Waals surface area contributed by atoms with Crippen molar-refractivity contribution < 1.29 is 14.9 Å². The fraction of sp³-hybridized carbons (Fsp3) is 0.200. The van der Waals surface area contributed by atoms with E-state index in [4.69, 9.17) is 4.74 Å². The molecule has 2 aromatic carbocycles. The Morgan fingerprint density at radius 3 is 2.33 bits per heavy atom. The van der Waals surface area contributed by atoms with Crippen LogP contribution in [0.2, 0.25) is 0 Å². The highest BCUT2D eigenvalue weighted by Gasteiger charge is 2.32. The van der Waals surface area contributed by atoms with Crippen LogP contribution in [0.3, 0.4) is 0 Å². The number of rotatable bonds is 1. The highest BCUT2D eigenvalue weighted by molar-refractivity contribution is 5.47. The highest BCUT2D eigenvalue weighted by Crippen LogP contribution is 2.46. The van der Waals surface area contributed by atoms with Gasteiger partial charge in [-0.15, -0.1) is 0 Å². The first kappa shape index (κ1) is 11.0. The Labute approximate surface area is 105 Å². The van der Waals surface area contributed by atoms with Gasteiger partial charge in [0.05, 0.1) is 0 Å². The van der Waals surface area contributed by atoms with E-state index < -0.39 is 0 Å². The second-order valence-corrected chi connectivity index (χ2v) is 4.64. The molecular formula is C15H14O3. The van der Waals surface area contributed by atoms with Gasteiger partial charge in [-0.2, -0.15) is 0 Å². The molecule has 2 atom stereocenters. The molecule has 3 nitrogen and oxygen atoms in total. The average molecular weight is 242 g/mol. The number of hydrogen-bond donors (Lipinski definition) is 2. The second-order valence-electron chi connectivity index (χ2n) is 4.64. The molecule has 0 fully saturated rings. The fourth-order valence-corrected chi connectivity index (χ4v) is 2.42. The normalized spacial score (nSPS) is 21.4. The number of ether oxygens (including phenoxy) is 1. The van der Waals surface area contributed by atoms with Gasteiger partial charge in [-0.25, -0.2) is 0 Å². The van der Waals surface area contributed by atoms with Crippen LogP contribution in [0.1, 0.15) is 30.1 Å². The molecule has 2 N–H and O–H groups in total. The summed E-state index contributed by atoms with van der Waals surface area (Å²) in [5, 5.41) is 18.8. The van der Waals surface area contributed by atoms with Crippen molar-refractivity contribution in [2.45, 2.75) is 18.9 Å². The van der Waals surface area contributed by atoms with Gasteiger partial charge < -0.3 is 14.9 Å². The SMILES string of the molecule is CC1c2cc(O)ccc2OC1c1ccc(O)cc1. The lowest BCUT2D eigenvalue weighted by Crippen LogP contribution is -2.06. The molecule has 0 spiro atoms.